The number of hydrogen-bond acceptors (Lipinski definition) is 3. The lowest BCUT2D eigenvalue weighted by atomic mass is 10.2. The van der Waals surface area contributed by atoms with E-state index in [4.69, 9.17) is 16.3 Å². The maximum atomic E-state index is 11.8. The van der Waals surface area contributed by atoms with Crippen molar-refractivity contribution < 1.29 is 14.3 Å². The third kappa shape index (κ3) is 3.47. The standard InChI is InChI=1S/C13H14ClNO3/c1-8(12(16)15-11-5-6-11)18-13(17)9-3-2-4-10(14)7-9/h2-4,7-8,11H,5-6H2,1H3,(H,15,16). The van der Waals surface area contributed by atoms with Gasteiger partial charge < -0.3 is 10.1 Å². The molecule has 96 valence electrons. The summed E-state index contributed by atoms with van der Waals surface area (Å²) in [7, 11) is 0. The molecule has 1 unspecified atom stereocenters. The highest BCUT2D eigenvalue weighted by Gasteiger charge is 2.27. The highest BCUT2D eigenvalue weighted by molar-refractivity contribution is 6.30. The molecule has 1 saturated carbocycles. The number of nitrogens with one attached hydrogen (secondary N) is 1. The van der Waals surface area contributed by atoms with Gasteiger partial charge in [0, 0.05) is 11.1 Å². The lowest BCUT2D eigenvalue weighted by molar-refractivity contribution is -0.129. The van der Waals surface area contributed by atoms with Crippen LogP contribution in [0.1, 0.15) is 30.1 Å². The Balaban J connectivity index is 1.91. The molecule has 0 bridgehead atoms. The molecule has 1 aromatic carbocycles. The van der Waals surface area contributed by atoms with Gasteiger partial charge in [0.05, 0.1) is 5.56 Å². The predicted octanol–water partition coefficient (Wildman–Crippen LogP) is 2.16. The molecule has 0 spiro atoms. The molecular formula is C13H14ClNO3. The number of carbonyl (C=O) groups excluding carboxylic acids is 2. The van der Waals surface area contributed by atoms with Crippen LogP contribution in [0.3, 0.4) is 0 Å². The van der Waals surface area contributed by atoms with Crippen molar-refractivity contribution in [2.75, 3.05) is 0 Å². The molecule has 1 aliphatic carbocycles. The molecular weight excluding hydrogens is 254 g/mol. The first kappa shape index (κ1) is 12.9. The van der Waals surface area contributed by atoms with Gasteiger partial charge in [-0.25, -0.2) is 4.79 Å². The Bertz CT molecular complexity index is 471. The summed E-state index contributed by atoms with van der Waals surface area (Å²) in [6.07, 6.45) is 1.21. The highest BCUT2D eigenvalue weighted by atomic mass is 35.5. The fourth-order valence-corrected chi connectivity index (χ4v) is 1.63. The van der Waals surface area contributed by atoms with Gasteiger partial charge in [-0.3, -0.25) is 4.79 Å². The first-order valence-corrected chi connectivity index (χ1v) is 6.21. The van der Waals surface area contributed by atoms with E-state index in [-0.39, 0.29) is 11.9 Å². The van der Waals surface area contributed by atoms with Crippen LogP contribution < -0.4 is 5.32 Å². The number of benzene rings is 1. The van der Waals surface area contributed by atoms with Gasteiger partial charge in [-0.1, -0.05) is 17.7 Å². The van der Waals surface area contributed by atoms with Gasteiger partial charge >= 0.3 is 5.97 Å². The van der Waals surface area contributed by atoms with Gasteiger partial charge in [0.1, 0.15) is 0 Å². The summed E-state index contributed by atoms with van der Waals surface area (Å²) in [6, 6.07) is 6.69. The van der Waals surface area contributed by atoms with Gasteiger partial charge in [0.2, 0.25) is 0 Å². The molecule has 0 saturated heterocycles. The van der Waals surface area contributed by atoms with Gasteiger partial charge in [-0.2, -0.15) is 0 Å². The number of esters is 1. The highest BCUT2D eigenvalue weighted by Crippen LogP contribution is 2.19. The van der Waals surface area contributed by atoms with E-state index in [2.05, 4.69) is 5.32 Å². The van der Waals surface area contributed by atoms with Crippen molar-refractivity contribution in [2.24, 2.45) is 0 Å². The molecule has 18 heavy (non-hydrogen) atoms. The van der Waals surface area contributed by atoms with Gasteiger partial charge in [-0.05, 0) is 38.0 Å². The minimum Gasteiger partial charge on any atom is -0.449 e. The first-order chi connectivity index (χ1) is 8.56. The molecule has 4 nitrogen and oxygen atoms in total. The zero-order chi connectivity index (χ0) is 13.1. The molecule has 5 heteroatoms. The lowest BCUT2D eigenvalue weighted by Gasteiger charge is -2.13. The number of amides is 1. The maximum absolute atomic E-state index is 11.8. The third-order valence-corrected chi connectivity index (χ3v) is 2.87. The van der Waals surface area contributed by atoms with Crippen molar-refractivity contribution >= 4 is 23.5 Å². The Labute approximate surface area is 110 Å². The number of ether oxygens (including phenoxy) is 1. The molecule has 1 aliphatic rings. The van der Waals surface area contributed by atoms with Crippen LogP contribution in [0, 0.1) is 0 Å². The quantitative estimate of drug-likeness (QED) is 0.851. The summed E-state index contributed by atoms with van der Waals surface area (Å²) in [4.78, 5) is 23.4. The van der Waals surface area contributed by atoms with Crippen LogP contribution in [0.25, 0.3) is 0 Å². The van der Waals surface area contributed by atoms with Crippen LogP contribution in [0.2, 0.25) is 5.02 Å². The molecule has 0 aromatic heterocycles. The van der Waals surface area contributed by atoms with Gasteiger partial charge in [0.25, 0.3) is 5.91 Å². The largest absolute Gasteiger partial charge is 0.449 e. The minimum absolute atomic E-state index is 0.254. The number of rotatable bonds is 4. The first-order valence-electron chi connectivity index (χ1n) is 5.83. The molecule has 1 fully saturated rings. The second kappa shape index (κ2) is 5.40. The minimum atomic E-state index is -0.794. The van der Waals surface area contributed by atoms with Crippen molar-refractivity contribution in [2.45, 2.75) is 31.9 Å². The molecule has 1 aromatic rings. The SMILES string of the molecule is CC(OC(=O)c1cccc(Cl)c1)C(=O)NC1CC1. The van der Waals surface area contributed by atoms with Crippen LogP contribution in [0.5, 0.6) is 0 Å². The van der Waals surface area contributed by atoms with Gasteiger partial charge in [-0.15, -0.1) is 0 Å². The van der Waals surface area contributed by atoms with Gasteiger partial charge in [0.15, 0.2) is 6.10 Å². The summed E-state index contributed by atoms with van der Waals surface area (Å²) in [5.41, 5.74) is 0.341. The fraction of sp³-hybridized carbons (Fsp3) is 0.385. The average molecular weight is 268 g/mol. The van der Waals surface area contributed by atoms with E-state index in [0.717, 1.165) is 12.8 Å². The normalized spacial score (nSPS) is 15.9. The van der Waals surface area contributed by atoms with E-state index in [1.807, 2.05) is 0 Å². The Morgan fingerprint density at radius 2 is 2.17 bits per heavy atom. The lowest BCUT2D eigenvalue weighted by Crippen LogP contribution is -2.37. The van der Waals surface area contributed by atoms with E-state index in [0.29, 0.717) is 10.6 Å². The van der Waals surface area contributed by atoms with Crippen molar-refractivity contribution in [1.29, 1.82) is 0 Å². The van der Waals surface area contributed by atoms with Crippen molar-refractivity contribution in [3.63, 3.8) is 0 Å². The monoisotopic (exact) mass is 267 g/mol. The number of hydrogen-bond donors (Lipinski definition) is 1. The molecule has 0 radical (unpaired) electrons. The zero-order valence-electron chi connectivity index (χ0n) is 9.98. The molecule has 1 atom stereocenters. The van der Waals surface area contributed by atoms with E-state index >= 15 is 0 Å². The van der Waals surface area contributed by atoms with Crippen LogP contribution in [-0.2, 0) is 9.53 Å². The molecule has 1 amide bonds. The van der Waals surface area contributed by atoms with E-state index < -0.39 is 12.1 Å². The fourth-order valence-electron chi connectivity index (χ4n) is 1.44. The summed E-state index contributed by atoms with van der Waals surface area (Å²) in [5, 5.41) is 3.24. The Hall–Kier alpha value is -1.55. The second-order valence-electron chi connectivity index (χ2n) is 4.34. The van der Waals surface area contributed by atoms with E-state index in [1.165, 1.54) is 6.07 Å². The molecule has 0 heterocycles. The van der Waals surface area contributed by atoms with E-state index in [1.54, 1.807) is 25.1 Å². The average Bonchev–Trinajstić information content (AvgIpc) is 3.12. The van der Waals surface area contributed by atoms with Crippen LogP contribution in [-0.4, -0.2) is 24.0 Å². The summed E-state index contributed by atoms with van der Waals surface area (Å²) in [5.74, 6) is -0.802. The topological polar surface area (TPSA) is 55.4 Å². The van der Waals surface area contributed by atoms with Crippen molar-refractivity contribution in [3.8, 4) is 0 Å². The summed E-state index contributed by atoms with van der Waals surface area (Å²) < 4.78 is 5.07. The Morgan fingerprint density at radius 1 is 1.44 bits per heavy atom. The molecule has 0 aliphatic heterocycles. The van der Waals surface area contributed by atoms with Crippen LogP contribution >= 0.6 is 11.6 Å². The van der Waals surface area contributed by atoms with Crippen LogP contribution in [0.4, 0.5) is 0 Å². The second-order valence-corrected chi connectivity index (χ2v) is 4.78. The Morgan fingerprint density at radius 3 is 2.78 bits per heavy atom. The number of halogens is 1. The molecule has 1 N–H and O–H groups in total. The Kier molecular flexibility index (Phi) is 3.87. The summed E-state index contributed by atoms with van der Waals surface area (Å²) in [6.45, 7) is 1.56. The van der Waals surface area contributed by atoms with Crippen molar-refractivity contribution in [1.82, 2.24) is 5.32 Å². The third-order valence-electron chi connectivity index (χ3n) is 2.64. The van der Waals surface area contributed by atoms with Crippen LogP contribution in [0.15, 0.2) is 24.3 Å². The maximum Gasteiger partial charge on any atom is 0.338 e. The zero-order valence-corrected chi connectivity index (χ0v) is 10.7. The summed E-state index contributed by atoms with van der Waals surface area (Å²) >= 11 is 5.78. The molecule has 2 rings (SSSR count). The number of carbonyl (C=O) groups is 2. The smallest absolute Gasteiger partial charge is 0.338 e. The van der Waals surface area contributed by atoms with E-state index in [9.17, 15) is 9.59 Å². The predicted molar refractivity (Wildman–Crippen MR) is 67.5 cm³/mol. The van der Waals surface area contributed by atoms with Crippen molar-refractivity contribution in [3.05, 3.63) is 34.9 Å².